The molecule has 116 valence electrons. The maximum Gasteiger partial charge on any atom is 0.226 e. The molecule has 0 unspecified atom stereocenters. The van der Waals surface area contributed by atoms with Crippen molar-refractivity contribution in [1.29, 1.82) is 0 Å². The zero-order valence-corrected chi connectivity index (χ0v) is 13.4. The first-order chi connectivity index (χ1) is 10.7. The van der Waals surface area contributed by atoms with Gasteiger partial charge in [0.05, 0.1) is 7.11 Å². The van der Waals surface area contributed by atoms with Gasteiger partial charge >= 0.3 is 0 Å². The number of methoxy groups -OCH3 is 1. The van der Waals surface area contributed by atoms with Crippen molar-refractivity contribution >= 4 is 22.4 Å². The van der Waals surface area contributed by atoms with Crippen LogP contribution in [0.15, 0.2) is 24.3 Å². The second-order valence-electron chi connectivity index (χ2n) is 5.47. The molecule has 1 amide bonds. The number of rotatable bonds is 6. The maximum absolute atomic E-state index is 12.0. The van der Waals surface area contributed by atoms with Crippen molar-refractivity contribution < 1.29 is 9.53 Å². The Kier molecular flexibility index (Phi) is 4.68. The number of nitrogens with zero attached hydrogens (tertiary/aromatic N) is 2. The second kappa shape index (κ2) is 6.87. The molecule has 1 fully saturated rings. The summed E-state index contributed by atoms with van der Waals surface area (Å²) in [6, 6.07) is 7.77. The number of benzene rings is 1. The fourth-order valence-electron chi connectivity index (χ4n) is 2.34. The van der Waals surface area contributed by atoms with Gasteiger partial charge in [0.2, 0.25) is 11.0 Å². The molecule has 1 aromatic carbocycles. The van der Waals surface area contributed by atoms with Crippen molar-refractivity contribution in [2.24, 2.45) is 0 Å². The molecule has 0 saturated heterocycles. The summed E-state index contributed by atoms with van der Waals surface area (Å²) < 4.78 is 5.12. The third kappa shape index (κ3) is 3.62. The van der Waals surface area contributed by atoms with Crippen LogP contribution in [0.4, 0.5) is 5.13 Å². The minimum atomic E-state index is -0.0212. The van der Waals surface area contributed by atoms with Crippen LogP contribution in [-0.2, 0) is 11.2 Å². The molecule has 0 radical (unpaired) electrons. The predicted molar refractivity (Wildman–Crippen MR) is 86.4 cm³/mol. The molecule has 0 atom stereocenters. The highest BCUT2D eigenvalue weighted by atomic mass is 32.1. The molecular weight excluding hydrogens is 298 g/mol. The zero-order chi connectivity index (χ0) is 15.4. The van der Waals surface area contributed by atoms with Crippen LogP contribution in [0, 0.1) is 0 Å². The van der Waals surface area contributed by atoms with E-state index in [1.807, 2.05) is 24.3 Å². The van der Waals surface area contributed by atoms with Gasteiger partial charge in [-0.25, -0.2) is 0 Å². The molecule has 0 aliphatic heterocycles. The van der Waals surface area contributed by atoms with Crippen LogP contribution in [0.1, 0.15) is 42.2 Å². The summed E-state index contributed by atoms with van der Waals surface area (Å²) in [6.07, 6.45) is 4.79. The number of hydrogen-bond donors (Lipinski definition) is 1. The van der Waals surface area contributed by atoms with Crippen molar-refractivity contribution in [3.8, 4) is 5.75 Å². The monoisotopic (exact) mass is 317 g/mol. The first kappa shape index (κ1) is 15.0. The van der Waals surface area contributed by atoms with E-state index in [0.29, 0.717) is 23.9 Å². The highest BCUT2D eigenvalue weighted by molar-refractivity contribution is 7.15. The Hall–Kier alpha value is -1.95. The quantitative estimate of drug-likeness (QED) is 0.887. The fourth-order valence-corrected chi connectivity index (χ4v) is 3.27. The molecule has 1 saturated carbocycles. The third-order valence-corrected chi connectivity index (χ3v) is 4.94. The smallest absolute Gasteiger partial charge is 0.226 e. The van der Waals surface area contributed by atoms with Crippen LogP contribution >= 0.6 is 11.3 Å². The first-order valence-corrected chi connectivity index (χ1v) is 8.32. The van der Waals surface area contributed by atoms with E-state index in [9.17, 15) is 4.79 Å². The van der Waals surface area contributed by atoms with Crippen molar-refractivity contribution in [3.05, 3.63) is 34.8 Å². The van der Waals surface area contributed by atoms with E-state index < -0.39 is 0 Å². The molecule has 1 N–H and O–H groups in total. The van der Waals surface area contributed by atoms with Gasteiger partial charge in [-0.15, -0.1) is 10.2 Å². The number of aromatic nitrogens is 2. The Morgan fingerprint density at radius 3 is 2.73 bits per heavy atom. The molecule has 6 heteroatoms. The van der Waals surface area contributed by atoms with Gasteiger partial charge in [0.15, 0.2) is 0 Å². The summed E-state index contributed by atoms with van der Waals surface area (Å²) in [7, 11) is 1.64. The molecule has 3 rings (SSSR count). The fraction of sp³-hybridized carbons (Fsp3) is 0.438. The van der Waals surface area contributed by atoms with Crippen molar-refractivity contribution in [3.63, 3.8) is 0 Å². The number of carbonyl (C=O) groups excluding carboxylic acids is 1. The molecule has 1 aliphatic carbocycles. The van der Waals surface area contributed by atoms with Gasteiger partial charge in [-0.05, 0) is 37.0 Å². The lowest BCUT2D eigenvalue weighted by atomic mass is 9.86. The molecule has 22 heavy (non-hydrogen) atoms. The predicted octanol–water partition coefficient (Wildman–Crippen LogP) is 3.39. The van der Waals surface area contributed by atoms with Crippen LogP contribution in [0.5, 0.6) is 5.75 Å². The van der Waals surface area contributed by atoms with Gasteiger partial charge in [-0.3, -0.25) is 4.79 Å². The van der Waals surface area contributed by atoms with Gasteiger partial charge < -0.3 is 10.1 Å². The van der Waals surface area contributed by atoms with E-state index in [1.54, 1.807) is 7.11 Å². The van der Waals surface area contributed by atoms with E-state index in [4.69, 9.17) is 4.74 Å². The third-order valence-electron chi connectivity index (χ3n) is 3.94. The Morgan fingerprint density at radius 2 is 2.09 bits per heavy atom. The van der Waals surface area contributed by atoms with E-state index in [2.05, 4.69) is 15.5 Å². The van der Waals surface area contributed by atoms with Crippen LogP contribution in [0.3, 0.4) is 0 Å². The molecule has 0 bridgehead atoms. The minimum Gasteiger partial charge on any atom is -0.497 e. The summed E-state index contributed by atoms with van der Waals surface area (Å²) in [6.45, 7) is 0. The molecule has 5 nitrogen and oxygen atoms in total. The topological polar surface area (TPSA) is 64.1 Å². The summed E-state index contributed by atoms with van der Waals surface area (Å²) in [5.41, 5.74) is 1.11. The molecule has 1 heterocycles. The summed E-state index contributed by atoms with van der Waals surface area (Å²) in [5, 5.41) is 12.7. The maximum atomic E-state index is 12.0. The number of ether oxygens (including phenoxy) is 1. The lowest BCUT2D eigenvalue weighted by molar-refractivity contribution is -0.116. The lowest BCUT2D eigenvalue weighted by Gasteiger charge is -2.21. The summed E-state index contributed by atoms with van der Waals surface area (Å²) in [5.74, 6) is 1.36. The summed E-state index contributed by atoms with van der Waals surface area (Å²) in [4.78, 5) is 12.0. The number of nitrogens with one attached hydrogen (secondary N) is 1. The molecule has 2 aromatic rings. The van der Waals surface area contributed by atoms with Crippen LogP contribution in [-0.4, -0.2) is 23.2 Å². The van der Waals surface area contributed by atoms with Gasteiger partial charge in [-0.1, -0.05) is 29.9 Å². The standard InChI is InChI=1S/C16H19N3O2S/c1-21-13-8-5-11(6-9-13)7-10-14(20)17-16-19-18-15(22-16)12-3-2-4-12/h5-6,8-9,12H,2-4,7,10H2,1H3,(H,17,19,20). The van der Waals surface area contributed by atoms with Crippen molar-refractivity contribution in [2.75, 3.05) is 12.4 Å². The molecule has 1 aliphatic rings. The van der Waals surface area contributed by atoms with Gasteiger partial charge in [0, 0.05) is 12.3 Å². The van der Waals surface area contributed by atoms with Gasteiger partial charge in [0.25, 0.3) is 0 Å². The van der Waals surface area contributed by atoms with Gasteiger partial charge in [0.1, 0.15) is 10.8 Å². The van der Waals surface area contributed by atoms with Crippen molar-refractivity contribution in [2.45, 2.75) is 38.0 Å². The number of anilines is 1. The van der Waals surface area contributed by atoms with Crippen LogP contribution < -0.4 is 10.1 Å². The number of amides is 1. The second-order valence-corrected chi connectivity index (χ2v) is 6.48. The largest absolute Gasteiger partial charge is 0.497 e. The number of carbonyl (C=O) groups is 1. The highest BCUT2D eigenvalue weighted by Gasteiger charge is 2.23. The van der Waals surface area contributed by atoms with Crippen LogP contribution in [0.2, 0.25) is 0 Å². The SMILES string of the molecule is COc1ccc(CCC(=O)Nc2nnc(C3CCC3)s2)cc1. The van der Waals surface area contributed by atoms with Crippen molar-refractivity contribution in [1.82, 2.24) is 10.2 Å². The zero-order valence-electron chi connectivity index (χ0n) is 12.5. The molecular formula is C16H19N3O2S. The highest BCUT2D eigenvalue weighted by Crippen LogP contribution is 2.38. The van der Waals surface area contributed by atoms with E-state index in [0.717, 1.165) is 16.3 Å². The first-order valence-electron chi connectivity index (χ1n) is 7.51. The lowest BCUT2D eigenvalue weighted by Crippen LogP contribution is -2.12. The average Bonchev–Trinajstić information content (AvgIpc) is 2.91. The van der Waals surface area contributed by atoms with E-state index in [-0.39, 0.29) is 5.91 Å². The van der Waals surface area contributed by atoms with E-state index in [1.165, 1.54) is 30.6 Å². The Morgan fingerprint density at radius 1 is 1.32 bits per heavy atom. The van der Waals surface area contributed by atoms with E-state index >= 15 is 0 Å². The Bertz CT molecular complexity index is 635. The normalized spacial score (nSPS) is 14.4. The Labute approximate surface area is 133 Å². The minimum absolute atomic E-state index is 0.0212. The Balaban J connectivity index is 1.48. The average molecular weight is 317 g/mol. The summed E-state index contributed by atoms with van der Waals surface area (Å²) >= 11 is 1.50. The number of aryl methyl sites for hydroxylation is 1. The molecule has 0 spiro atoms. The van der Waals surface area contributed by atoms with Gasteiger partial charge in [-0.2, -0.15) is 0 Å². The number of hydrogen-bond acceptors (Lipinski definition) is 5. The molecule has 1 aromatic heterocycles. The van der Waals surface area contributed by atoms with Crippen LogP contribution in [0.25, 0.3) is 0 Å².